The Morgan fingerprint density at radius 3 is 2.52 bits per heavy atom. The number of benzene rings is 2. The summed E-state index contributed by atoms with van der Waals surface area (Å²) in [6.45, 7) is 1.75. The van der Waals surface area contributed by atoms with E-state index in [2.05, 4.69) is 4.98 Å². The molecule has 160 valence electrons. The second-order valence-electron chi connectivity index (χ2n) is 6.79. The predicted octanol–water partition coefficient (Wildman–Crippen LogP) is 5.51. The summed E-state index contributed by atoms with van der Waals surface area (Å²) >= 11 is 5.86. The van der Waals surface area contributed by atoms with Crippen LogP contribution >= 0.6 is 23.4 Å². The lowest BCUT2D eigenvalue weighted by Crippen LogP contribution is -2.24. The van der Waals surface area contributed by atoms with Gasteiger partial charge < -0.3 is 5.11 Å². The Balaban J connectivity index is 1.74. The minimum atomic E-state index is -4.41. The van der Waals surface area contributed by atoms with E-state index in [1.807, 2.05) is 0 Å². The van der Waals surface area contributed by atoms with Crippen LogP contribution < -0.4 is 5.69 Å². The van der Waals surface area contributed by atoms with Gasteiger partial charge in [-0.2, -0.15) is 13.2 Å². The Labute approximate surface area is 183 Å². The molecule has 31 heavy (non-hydrogen) atoms. The molecule has 0 aliphatic heterocycles. The molecule has 0 unspecified atom stereocenters. The molecule has 0 spiro atoms. The number of alkyl halides is 3. The standard InChI is InChI=1S/C21H15ClF3N3O2S/c1-12-19(29)28(15-3-5-16(6-4-15)31-21(23,24)25)20(30)27(12)11-13-8-9-26-18-7-2-14(22)10-17(13)18/h2-10,29H,11H2,1H3. The average molecular weight is 466 g/mol. The quantitative estimate of drug-likeness (QED) is 0.403. The summed E-state index contributed by atoms with van der Waals surface area (Å²) in [5.41, 5.74) is -2.83. The van der Waals surface area contributed by atoms with Crippen LogP contribution in [0.2, 0.25) is 5.02 Å². The molecule has 1 N–H and O–H groups in total. The number of hydrogen-bond donors (Lipinski definition) is 1. The number of aromatic nitrogens is 3. The van der Waals surface area contributed by atoms with Crippen LogP contribution in [0, 0.1) is 6.92 Å². The molecule has 4 rings (SSSR count). The number of fused-ring (bicyclic) bond motifs is 1. The first kappa shape index (κ1) is 21.3. The summed E-state index contributed by atoms with van der Waals surface area (Å²) in [4.78, 5) is 17.3. The van der Waals surface area contributed by atoms with Gasteiger partial charge in [0.05, 0.1) is 23.4 Å². The van der Waals surface area contributed by atoms with Crippen LogP contribution in [0.3, 0.4) is 0 Å². The largest absolute Gasteiger partial charge is 0.493 e. The van der Waals surface area contributed by atoms with Crippen molar-refractivity contribution in [3.8, 4) is 11.6 Å². The molecule has 4 aromatic rings. The van der Waals surface area contributed by atoms with Crippen molar-refractivity contribution in [2.75, 3.05) is 0 Å². The van der Waals surface area contributed by atoms with Crippen molar-refractivity contribution >= 4 is 34.3 Å². The summed E-state index contributed by atoms with van der Waals surface area (Å²) in [5, 5.41) is 11.9. The summed E-state index contributed by atoms with van der Waals surface area (Å²) < 4.78 is 40.1. The fourth-order valence-corrected chi connectivity index (χ4v) is 4.05. The fraction of sp³-hybridized carbons (Fsp3) is 0.143. The minimum Gasteiger partial charge on any atom is -0.493 e. The monoisotopic (exact) mass is 465 g/mol. The van der Waals surface area contributed by atoms with E-state index >= 15 is 0 Å². The van der Waals surface area contributed by atoms with Gasteiger partial charge in [-0.1, -0.05) is 11.6 Å². The first-order chi connectivity index (χ1) is 14.6. The molecular weight excluding hydrogens is 451 g/mol. The number of imidazole rings is 1. The third-order valence-electron chi connectivity index (χ3n) is 4.81. The van der Waals surface area contributed by atoms with E-state index in [0.717, 1.165) is 15.5 Å². The molecule has 0 saturated heterocycles. The van der Waals surface area contributed by atoms with Crippen molar-refractivity contribution in [2.24, 2.45) is 0 Å². The highest BCUT2D eigenvalue weighted by Crippen LogP contribution is 2.37. The van der Waals surface area contributed by atoms with Gasteiger partial charge in [-0.25, -0.2) is 9.36 Å². The van der Waals surface area contributed by atoms with Crippen molar-refractivity contribution in [1.29, 1.82) is 0 Å². The normalized spacial score (nSPS) is 11.9. The highest BCUT2D eigenvalue weighted by atomic mass is 35.5. The maximum absolute atomic E-state index is 13.1. The average Bonchev–Trinajstić information content (AvgIpc) is 2.91. The zero-order chi connectivity index (χ0) is 22.3. The SMILES string of the molecule is Cc1c(O)n(-c2ccc(SC(F)(F)F)cc2)c(=O)n1Cc1ccnc2ccc(Cl)cc12. The van der Waals surface area contributed by atoms with Gasteiger partial charge >= 0.3 is 11.2 Å². The molecule has 0 bridgehead atoms. The smallest absolute Gasteiger partial charge is 0.446 e. The molecular formula is C21H15ClF3N3O2S. The summed E-state index contributed by atoms with van der Waals surface area (Å²) in [6, 6.07) is 12.3. The molecule has 2 aromatic carbocycles. The second kappa shape index (κ2) is 7.97. The lowest BCUT2D eigenvalue weighted by Gasteiger charge is -2.08. The van der Waals surface area contributed by atoms with Crippen LogP contribution in [-0.2, 0) is 6.54 Å². The van der Waals surface area contributed by atoms with Crippen molar-refractivity contribution in [1.82, 2.24) is 14.1 Å². The maximum Gasteiger partial charge on any atom is 0.446 e. The Morgan fingerprint density at radius 1 is 1.13 bits per heavy atom. The van der Waals surface area contributed by atoms with Gasteiger partial charge in [0.2, 0.25) is 5.88 Å². The molecule has 2 aromatic heterocycles. The number of hydrogen-bond acceptors (Lipinski definition) is 4. The zero-order valence-corrected chi connectivity index (χ0v) is 17.6. The molecule has 0 aliphatic carbocycles. The summed E-state index contributed by atoms with van der Waals surface area (Å²) in [6.07, 6.45) is 1.62. The molecule has 5 nitrogen and oxygen atoms in total. The Bertz CT molecular complexity index is 1330. The number of aromatic hydroxyl groups is 1. The number of halogens is 4. The van der Waals surface area contributed by atoms with Crippen molar-refractivity contribution in [3.05, 3.63) is 81.5 Å². The van der Waals surface area contributed by atoms with Gasteiger partial charge in [0.25, 0.3) is 0 Å². The highest BCUT2D eigenvalue weighted by Gasteiger charge is 2.29. The Hall–Kier alpha value is -2.91. The first-order valence-corrected chi connectivity index (χ1v) is 10.2. The highest BCUT2D eigenvalue weighted by molar-refractivity contribution is 8.00. The van der Waals surface area contributed by atoms with Gasteiger partial charge in [-0.15, -0.1) is 0 Å². The maximum atomic E-state index is 13.1. The molecule has 0 fully saturated rings. The van der Waals surface area contributed by atoms with E-state index in [1.54, 1.807) is 37.4 Å². The van der Waals surface area contributed by atoms with Crippen molar-refractivity contribution in [3.63, 3.8) is 0 Å². The molecule has 0 saturated carbocycles. The van der Waals surface area contributed by atoms with E-state index in [-0.39, 0.29) is 34.8 Å². The van der Waals surface area contributed by atoms with Crippen LogP contribution in [0.5, 0.6) is 5.88 Å². The van der Waals surface area contributed by atoms with Crippen LogP contribution in [0.15, 0.2) is 64.4 Å². The van der Waals surface area contributed by atoms with Gasteiger partial charge in [-0.05, 0) is 72.8 Å². The molecule has 0 radical (unpaired) electrons. The number of nitrogens with zero attached hydrogens (tertiary/aromatic N) is 3. The Morgan fingerprint density at radius 2 is 1.84 bits per heavy atom. The second-order valence-corrected chi connectivity index (χ2v) is 8.36. The fourth-order valence-electron chi connectivity index (χ4n) is 3.34. The lowest BCUT2D eigenvalue weighted by molar-refractivity contribution is -0.0328. The lowest BCUT2D eigenvalue weighted by atomic mass is 10.1. The predicted molar refractivity (Wildman–Crippen MR) is 114 cm³/mol. The van der Waals surface area contributed by atoms with E-state index in [1.165, 1.54) is 28.8 Å². The van der Waals surface area contributed by atoms with Crippen LogP contribution in [0.1, 0.15) is 11.3 Å². The van der Waals surface area contributed by atoms with E-state index in [0.29, 0.717) is 16.2 Å². The number of pyridine rings is 1. The van der Waals surface area contributed by atoms with E-state index in [4.69, 9.17) is 11.6 Å². The van der Waals surface area contributed by atoms with Crippen molar-refractivity contribution < 1.29 is 18.3 Å². The van der Waals surface area contributed by atoms with E-state index < -0.39 is 11.2 Å². The van der Waals surface area contributed by atoms with Gasteiger partial charge in [0, 0.05) is 21.5 Å². The van der Waals surface area contributed by atoms with Crippen LogP contribution in [0.25, 0.3) is 16.6 Å². The minimum absolute atomic E-state index is 0.0138. The third-order valence-corrected chi connectivity index (χ3v) is 5.79. The van der Waals surface area contributed by atoms with E-state index in [9.17, 15) is 23.1 Å². The third kappa shape index (κ3) is 4.28. The van der Waals surface area contributed by atoms with Crippen LogP contribution in [-0.4, -0.2) is 24.7 Å². The summed E-state index contributed by atoms with van der Waals surface area (Å²) in [5.74, 6) is -0.280. The molecule has 10 heteroatoms. The van der Waals surface area contributed by atoms with Gasteiger partial charge in [-0.3, -0.25) is 9.55 Å². The number of rotatable bonds is 4. The molecule has 0 aliphatic rings. The summed E-state index contributed by atoms with van der Waals surface area (Å²) in [7, 11) is 0. The van der Waals surface area contributed by atoms with Gasteiger partial charge in [0.15, 0.2) is 0 Å². The first-order valence-electron chi connectivity index (χ1n) is 9.04. The van der Waals surface area contributed by atoms with Crippen LogP contribution in [0.4, 0.5) is 13.2 Å². The molecule has 0 atom stereocenters. The molecule has 0 amide bonds. The molecule has 2 heterocycles. The zero-order valence-electron chi connectivity index (χ0n) is 16.0. The van der Waals surface area contributed by atoms with Crippen molar-refractivity contribution in [2.45, 2.75) is 23.9 Å². The van der Waals surface area contributed by atoms with Gasteiger partial charge in [0.1, 0.15) is 0 Å². The topological polar surface area (TPSA) is 60.1 Å². The Kier molecular flexibility index (Phi) is 5.49. The number of thioether (sulfide) groups is 1.